The number of nitrogens with one attached hydrogen (secondary N) is 1. The third kappa shape index (κ3) is 2.67. The van der Waals surface area contributed by atoms with Crippen LogP contribution in [0.3, 0.4) is 0 Å². The summed E-state index contributed by atoms with van der Waals surface area (Å²) in [6, 6.07) is 16.4. The fraction of sp³-hybridized carbons (Fsp3) is 0.0500. The van der Waals surface area contributed by atoms with E-state index in [0.717, 1.165) is 33.5 Å². The zero-order valence-electron chi connectivity index (χ0n) is 13.9. The summed E-state index contributed by atoms with van der Waals surface area (Å²) in [5.74, 6) is -0.227. The average molecular weight is 345 g/mol. The Bertz CT molecular complexity index is 1120. The molecule has 2 N–H and O–H groups in total. The van der Waals surface area contributed by atoms with Gasteiger partial charge < -0.3 is 9.84 Å². The van der Waals surface area contributed by atoms with Crippen LogP contribution in [0.25, 0.3) is 33.4 Å². The molecule has 128 valence electrons. The number of aromatic nitrogens is 3. The number of rotatable bonds is 4. The van der Waals surface area contributed by atoms with Gasteiger partial charge in [-0.25, -0.2) is 9.78 Å². The maximum absolute atomic E-state index is 11.2. The summed E-state index contributed by atoms with van der Waals surface area (Å²) < 4.78 is 5.44. The number of benzene rings is 2. The minimum absolute atomic E-state index is 0.236. The highest BCUT2D eigenvalue weighted by Gasteiger charge is 2.14. The first kappa shape index (κ1) is 15.8. The lowest BCUT2D eigenvalue weighted by atomic mass is 10.0. The first-order valence-corrected chi connectivity index (χ1v) is 7.98. The molecule has 4 aromatic rings. The maximum atomic E-state index is 11.2. The second-order valence-electron chi connectivity index (χ2n) is 5.78. The number of carbonyl (C=O) groups is 1. The minimum atomic E-state index is -0.959. The van der Waals surface area contributed by atoms with E-state index >= 15 is 0 Å². The number of hydrogen-bond donors (Lipinski definition) is 2. The van der Waals surface area contributed by atoms with Gasteiger partial charge in [0.25, 0.3) is 0 Å². The normalized spacial score (nSPS) is 10.8. The third-order valence-electron chi connectivity index (χ3n) is 4.23. The number of pyridine rings is 1. The molecule has 0 atom stereocenters. The number of fused-ring (bicyclic) bond motifs is 1. The minimum Gasteiger partial charge on any atom is -0.496 e. The molecule has 6 heteroatoms. The Labute approximate surface area is 149 Å². The number of carboxylic acids is 1. The van der Waals surface area contributed by atoms with Crippen molar-refractivity contribution in [3.8, 4) is 28.1 Å². The lowest BCUT2D eigenvalue weighted by molar-refractivity contribution is 0.0697. The zero-order chi connectivity index (χ0) is 18.1. The lowest BCUT2D eigenvalue weighted by Crippen LogP contribution is -1.95. The van der Waals surface area contributed by atoms with Gasteiger partial charge >= 0.3 is 5.97 Å². The number of nitrogens with zero attached hydrogens (tertiary/aromatic N) is 2. The molecule has 4 rings (SSSR count). The summed E-state index contributed by atoms with van der Waals surface area (Å²) in [5, 5.41) is 17.3. The third-order valence-corrected chi connectivity index (χ3v) is 4.23. The SMILES string of the molecule is COc1ccccc1-c1[nH]nc2ncc(-c3cccc(C(=O)O)c3)cc12. The van der Waals surface area contributed by atoms with Gasteiger partial charge in [-0.1, -0.05) is 24.3 Å². The Kier molecular flexibility index (Phi) is 3.85. The lowest BCUT2D eigenvalue weighted by Gasteiger charge is -2.07. The Morgan fingerprint density at radius 1 is 1.08 bits per heavy atom. The molecule has 0 radical (unpaired) electrons. The molecule has 0 spiro atoms. The number of ether oxygens (including phenoxy) is 1. The molecule has 26 heavy (non-hydrogen) atoms. The molecule has 0 amide bonds. The Morgan fingerprint density at radius 2 is 1.92 bits per heavy atom. The molecule has 0 fully saturated rings. The van der Waals surface area contributed by atoms with Crippen LogP contribution >= 0.6 is 0 Å². The van der Waals surface area contributed by atoms with Crippen molar-refractivity contribution in [1.29, 1.82) is 0 Å². The monoisotopic (exact) mass is 345 g/mol. The van der Waals surface area contributed by atoms with Crippen LogP contribution in [0.4, 0.5) is 0 Å². The average Bonchev–Trinajstić information content (AvgIpc) is 3.11. The molecular weight excluding hydrogens is 330 g/mol. The van der Waals surface area contributed by atoms with Crippen LogP contribution in [0, 0.1) is 0 Å². The summed E-state index contributed by atoms with van der Waals surface area (Å²) in [6.07, 6.45) is 1.69. The van der Waals surface area contributed by atoms with Crippen LogP contribution in [-0.4, -0.2) is 33.4 Å². The summed E-state index contributed by atoms with van der Waals surface area (Å²) in [4.78, 5) is 15.6. The number of hydrogen-bond acceptors (Lipinski definition) is 4. The number of methoxy groups -OCH3 is 1. The van der Waals surface area contributed by atoms with Gasteiger partial charge in [0.15, 0.2) is 5.65 Å². The van der Waals surface area contributed by atoms with E-state index in [2.05, 4.69) is 15.2 Å². The molecule has 0 saturated heterocycles. The van der Waals surface area contributed by atoms with Crippen molar-refractivity contribution in [1.82, 2.24) is 15.2 Å². The molecule has 2 aromatic heterocycles. The number of aromatic amines is 1. The number of carboxylic acid groups (broad SMARTS) is 1. The van der Waals surface area contributed by atoms with Gasteiger partial charge in [-0.05, 0) is 35.9 Å². The summed E-state index contributed by atoms with van der Waals surface area (Å²) in [5.41, 5.74) is 4.12. The van der Waals surface area contributed by atoms with Gasteiger partial charge in [0.05, 0.1) is 18.4 Å². The van der Waals surface area contributed by atoms with E-state index in [1.165, 1.54) is 0 Å². The fourth-order valence-corrected chi connectivity index (χ4v) is 2.95. The van der Waals surface area contributed by atoms with Crippen molar-refractivity contribution in [2.75, 3.05) is 7.11 Å². The van der Waals surface area contributed by atoms with Gasteiger partial charge in [0.1, 0.15) is 5.75 Å². The standard InChI is InChI=1S/C20H15N3O3/c1-26-17-8-3-2-7-15(17)18-16-10-14(11-21-19(16)23-22-18)12-5-4-6-13(9-12)20(24)25/h2-11H,1H3,(H,24,25)(H,21,22,23). The number of aromatic carboxylic acids is 1. The van der Waals surface area contributed by atoms with Crippen molar-refractivity contribution in [2.45, 2.75) is 0 Å². The number of H-pyrrole nitrogens is 1. The largest absolute Gasteiger partial charge is 0.496 e. The van der Waals surface area contributed by atoms with Crippen molar-refractivity contribution < 1.29 is 14.6 Å². The molecule has 0 aliphatic heterocycles. The van der Waals surface area contributed by atoms with Crippen molar-refractivity contribution >= 4 is 17.0 Å². The molecule has 0 aliphatic carbocycles. The Balaban J connectivity index is 1.88. The first-order valence-electron chi connectivity index (χ1n) is 7.98. The van der Waals surface area contributed by atoms with E-state index in [1.54, 1.807) is 31.5 Å². The van der Waals surface area contributed by atoms with Crippen LogP contribution in [0.5, 0.6) is 5.75 Å². The smallest absolute Gasteiger partial charge is 0.335 e. The van der Waals surface area contributed by atoms with Crippen LogP contribution in [0.15, 0.2) is 60.8 Å². The Morgan fingerprint density at radius 3 is 2.73 bits per heavy atom. The van der Waals surface area contributed by atoms with Gasteiger partial charge in [0.2, 0.25) is 0 Å². The van der Waals surface area contributed by atoms with Crippen molar-refractivity contribution in [2.24, 2.45) is 0 Å². The van der Waals surface area contributed by atoms with E-state index in [0.29, 0.717) is 5.65 Å². The van der Waals surface area contributed by atoms with E-state index in [9.17, 15) is 9.90 Å². The van der Waals surface area contributed by atoms with Crippen molar-refractivity contribution in [3.05, 3.63) is 66.4 Å². The van der Waals surface area contributed by atoms with Gasteiger partial charge in [-0.2, -0.15) is 5.10 Å². The topological polar surface area (TPSA) is 88.1 Å². The van der Waals surface area contributed by atoms with E-state index in [1.807, 2.05) is 36.4 Å². The molecule has 6 nitrogen and oxygen atoms in total. The molecule has 0 aliphatic rings. The van der Waals surface area contributed by atoms with Crippen LogP contribution < -0.4 is 4.74 Å². The van der Waals surface area contributed by atoms with Crippen molar-refractivity contribution in [3.63, 3.8) is 0 Å². The first-order chi connectivity index (χ1) is 12.7. The van der Waals surface area contributed by atoms with E-state index in [4.69, 9.17) is 4.74 Å². The number of para-hydroxylation sites is 1. The highest BCUT2D eigenvalue weighted by atomic mass is 16.5. The second-order valence-corrected chi connectivity index (χ2v) is 5.78. The maximum Gasteiger partial charge on any atom is 0.335 e. The molecule has 0 saturated carbocycles. The molecule has 0 unspecified atom stereocenters. The van der Waals surface area contributed by atoms with Crippen LogP contribution in [-0.2, 0) is 0 Å². The quantitative estimate of drug-likeness (QED) is 0.584. The summed E-state index contributed by atoms with van der Waals surface area (Å²) >= 11 is 0. The van der Waals surface area contributed by atoms with Gasteiger partial charge in [-0.15, -0.1) is 0 Å². The van der Waals surface area contributed by atoms with Gasteiger partial charge in [-0.3, -0.25) is 5.10 Å². The second kappa shape index (κ2) is 6.33. The summed E-state index contributed by atoms with van der Waals surface area (Å²) in [7, 11) is 1.62. The van der Waals surface area contributed by atoms with E-state index in [-0.39, 0.29) is 5.56 Å². The zero-order valence-corrected chi connectivity index (χ0v) is 13.9. The predicted molar refractivity (Wildman–Crippen MR) is 98.3 cm³/mol. The molecule has 2 aromatic carbocycles. The fourth-order valence-electron chi connectivity index (χ4n) is 2.95. The molecule has 0 bridgehead atoms. The highest BCUT2D eigenvalue weighted by Crippen LogP contribution is 2.34. The molecular formula is C20H15N3O3. The van der Waals surface area contributed by atoms with Crippen LogP contribution in [0.1, 0.15) is 10.4 Å². The van der Waals surface area contributed by atoms with Crippen LogP contribution in [0.2, 0.25) is 0 Å². The van der Waals surface area contributed by atoms with Gasteiger partial charge in [0, 0.05) is 22.7 Å². The Hall–Kier alpha value is -3.67. The predicted octanol–water partition coefficient (Wildman–Crippen LogP) is 4.00. The van der Waals surface area contributed by atoms with E-state index < -0.39 is 5.97 Å². The highest BCUT2D eigenvalue weighted by molar-refractivity contribution is 5.95. The molecule has 2 heterocycles. The summed E-state index contributed by atoms with van der Waals surface area (Å²) in [6.45, 7) is 0.